The number of nitrogen functional groups attached to an aromatic ring is 1. The van der Waals surface area contributed by atoms with Gasteiger partial charge in [0.1, 0.15) is 11.6 Å². The lowest BCUT2D eigenvalue weighted by molar-refractivity contribution is 0.0839. The van der Waals surface area contributed by atoms with E-state index in [0.717, 1.165) is 0 Å². The SMILES string of the molecule is COc1cc(N2CCC(C)(O)C2)c(F)cc1N. The second kappa shape index (κ2) is 4.07. The average Bonchev–Trinajstić information content (AvgIpc) is 2.59. The van der Waals surface area contributed by atoms with Crippen molar-refractivity contribution in [3.8, 4) is 5.75 Å². The van der Waals surface area contributed by atoms with E-state index in [1.165, 1.54) is 13.2 Å². The van der Waals surface area contributed by atoms with Gasteiger partial charge in [-0.3, -0.25) is 0 Å². The molecule has 1 saturated heterocycles. The maximum atomic E-state index is 13.8. The molecular formula is C12H17FN2O2. The highest BCUT2D eigenvalue weighted by Gasteiger charge is 2.32. The maximum Gasteiger partial charge on any atom is 0.148 e. The van der Waals surface area contributed by atoms with E-state index in [-0.39, 0.29) is 11.5 Å². The highest BCUT2D eigenvalue weighted by atomic mass is 19.1. The lowest BCUT2D eigenvalue weighted by atomic mass is 10.1. The number of nitrogens with two attached hydrogens (primary N) is 1. The van der Waals surface area contributed by atoms with Crippen LogP contribution in [0.25, 0.3) is 0 Å². The van der Waals surface area contributed by atoms with Gasteiger partial charge in [-0.15, -0.1) is 0 Å². The summed E-state index contributed by atoms with van der Waals surface area (Å²) >= 11 is 0. The van der Waals surface area contributed by atoms with Crippen molar-refractivity contribution in [2.45, 2.75) is 18.9 Å². The molecule has 5 heteroatoms. The molecule has 4 nitrogen and oxygen atoms in total. The molecule has 0 radical (unpaired) electrons. The summed E-state index contributed by atoms with van der Waals surface area (Å²) in [5, 5.41) is 9.88. The number of anilines is 2. The molecule has 94 valence electrons. The predicted molar refractivity (Wildman–Crippen MR) is 64.8 cm³/mol. The minimum Gasteiger partial charge on any atom is -0.495 e. The molecule has 0 aliphatic carbocycles. The van der Waals surface area contributed by atoms with E-state index in [1.807, 2.05) is 0 Å². The van der Waals surface area contributed by atoms with Gasteiger partial charge in [0.05, 0.1) is 24.1 Å². The van der Waals surface area contributed by atoms with Gasteiger partial charge in [-0.25, -0.2) is 4.39 Å². The molecule has 0 saturated carbocycles. The lowest BCUT2D eigenvalue weighted by Crippen LogP contribution is -2.30. The number of hydrogen-bond acceptors (Lipinski definition) is 4. The maximum absolute atomic E-state index is 13.8. The Hall–Kier alpha value is -1.49. The van der Waals surface area contributed by atoms with Crippen LogP contribution in [-0.2, 0) is 0 Å². The van der Waals surface area contributed by atoms with Crippen molar-refractivity contribution in [1.82, 2.24) is 0 Å². The summed E-state index contributed by atoms with van der Waals surface area (Å²) in [6.07, 6.45) is 0.624. The molecule has 17 heavy (non-hydrogen) atoms. The van der Waals surface area contributed by atoms with Gasteiger partial charge in [0.15, 0.2) is 0 Å². The molecule has 2 rings (SSSR count). The standard InChI is InChI=1S/C12H17FN2O2/c1-12(16)3-4-15(7-12)10-6-11(17-2)9(14)5-8(10)13/h5-6,16H,3-4,7,14H2,1-2H3. The fraction of sp³-hybridized carbons (Fsp3) is 0.500. The molecule has 1 fully saturated rings. The van der Waals surface area contributed by atoms with Gasteiger partial charge >= 0.3 is 0 Å². The van der Waals surface area contributed by atoms with E-state index < -0.39 is 5.60 Å². The van der Waals surface area contributed by atoms with Crippen LogP contribution in [0.1, 0.15) is 13.3 Å². The van der Waals surface area contributed by atoms with Crippen molar-refractivity contribution >= 4 is 11.4 Å². The Kier molecular flexibility index (Phi) is 2.87. The summed E-state index contributed by atoms with van der Waals surface area (Å²) in [7, 11) is 1.49. The van der Waals surface area contributed by atoms with Crippen LogP contribution < -0.4 is 15.4 Å². The van der Waals surface area contributed by atoms with Crippen LogP contribution in [0.2, 0.25) is 0 Å². The molecule has 1 aromatic carbocycles. The Morgan fingerprint density at radius 3 is 2.76 bits per heavy atom. The fourth-order valence-electron chi connectivity index (χ4n) is 2.13. The van der Waals surface area contributed by atoms with Gasteiger partial charge in [-0.2, -0.15) is 0 Å². The van der Waals surface area contributed by atoms with E-state index >= 15 is 0 Å². The average molecular weight is 240 g/mol. The zero-order chi connectivity index (χ0) is 12.6. The Balaban J connectivity index is 2.33. The molecule has 0 bridgehead atoms. The summed E-state index contributed by atoms with van der Waals surface area (Å²) in [4.78, 5) is 1.80. The van der Waals surface area contributed by atoms with Gasteiger partial charge in [0.25, 0.3) is 0 Å². The van der Waals surface area contributed by atoms with E-state index in [1.54, 1.807) is 17.9 Å². The van der Waals surface area contributed by atoms with Gasteiger partial charge < -0.3 is 20.5 Å². The van der Waals surface area contributed by atoms with Gasteiger partial charge in [-0.1, -0.05) is 0 Å². The van der Waals surface area contributed by atoms with Crippen molar-refractivity contribution in [3.63, 3.8) is 0 Å². The number of nitrogens with zero attached hydrogens (tertiary/aromatic N) is 1. The largest absolute Gasteiger partial charge is 0.495 e. The molecule has 0 amide bonds. The van der Waals surface area contributed by atoms with E-state index in [9.17, 15) is 9.50 Å². The van der Waals surface area contributed by atoms with Crippen molar-refractivity contribution in [1.29, 1.82) is 0 Å². The Morgan fingerprint density at radius 1 is 1.53 bits per heavy atom. The highest BCUT2D eigenvalue weighted by Crippen LogP contribution is 2.34. The Bertz CT molecular complexity index is 435. The van der Waals surface area contributed by atoms with Crippen LogP contribution in [0.4, 0.5) is 15.8 Å². The van der Waals surface area contributed by atoms with E-state index in [2.05, 4.69) is 0 Å². The van der Waals surface area contributed by atoms with Crippen LogP contribution in [-0.4, -0.2) is 30.9 Å². The van der Waals surface area contributed by atoms with Crippen LogP contribution in [0.3, 0.4) is 0 Å². The van der Waals surface area contributed by atoms with Crippen molar-refractivity contribution in [3.05, 3.63) is 17.9 Å². The summed E-state index contributed by atoms with van der Waals surface area (Å²) in [6.45, 7) is 2.79. The first-order valence-electron chi connectivity index (χ1n) is 5.53. The number of aliphatic hydroxyl groups is 1. The zero-order valence-electron chi connectivity index (χ0n) is 10.0. The minimum atomic E-state index is -0.763. The number of β-amino-alcohol motifs (C(OH)–C–C–N with tert-alkyl or cyclic N) is 1. The van der Waals surface area contributed by atoms with Crippen molar-refractivity contribution in [2.24, 2.45) is 0 Å². The molecule has 1 aliphatic heterocycles. The molecule has 0 aromatic heterocycles. The number of methoxy groups -OCH3 is 1. The Morgan fingerprint density at radius 2 is 2.24 bits per heavy atom. The minimum absolute atomic E-state index is 0.278. The van der Waals surface area contributed by atoms with Gasteiger partial charge in [0, 0.05) is 25.2 Å². The predicted octanol–water partition coefficient (Wildman–Crippen LogP) is 1.38. The summed E-state index contributed by atoms with van der Waals surface area (Å²) < 4.78 is 18.9. The molecule has 1 atom stereocenters. The van der Waals surface area contributed by atoms with Gasteiger partial charge in [-0.05, 0) is 13.3 Å². The number of halogens is 1. The zero-order valence-corrected chi connectivity index (χ0v) is 10.0. The summed E-state index contributed by atoms with van der Waals surface area (Å²) in [5.41, 5.74) is 5.56. The molecule has 1 unspecified atom stereocenters. The lowest BCUT2D eigenvalue weighted by Gasteiger charge is -2.22. The first-order chi connectivity index (χ1) is 7.93. The summed E-state index contributed by atoms with van der Waals surface area (Å²) in [6, 6.07) is 2.83. The first kappa shape index (κ1) is 12.0. The second-order valence-electron chi connectivity index (χ2n) is 4.71. The number of hydrogen-bond donors (Lipinski definition) is 2. The van der Waals surface area contributed by atoms with Crippen molar-refractivity contribution in [2.75, 3.05) is 30.8 Å². The fourth-order valence-corrected chi connectivity index (χ4v) is 2.13. The topological polar surface area (TPSA) is 58.7 Å². The van der Waals surface area contributed by atoms with Crippen LogP contribution in [0, 0.1) is 5.82 Å². The normalized spacial score (nSPS) is 24.1. The van der Waals surface area contributed by atoms with Crippen LogP contribution in [0.15, 0.2) is 12.1 Å². The van der Waals surface area contributed by atoms with E-state index in [4.69, 9.17) is 10.5 Å². The van der Waals surface area contributed by atoms with Gasteiger partial charge in [0.2, 0.25) is 0 Å². The molecule has 1 heterocycles. The first-order valence-corrected chi connectivity index (χ1v) is 5.53. The molecular weight excluding hydrogens is 223 g/mol. The quantitative estimate of drug-likeness (QED) is 0.767. The third kappa shape index (κ3) is 2.29. The third-order valence-corrected chi connectivity index (χ3v) is 3.09. The smallest absolute Gasteiger partial charge is 0.148 e. The number of ether oxygens (including phenoxy) is 1. The monoisotopic (exact) mass is 240 g/mol. The second-order valence-corrected chi connectivity index (χ2v) is 4.71. The third-order valence-electron chi connectivity index (χ3n) is 3.09. The van der Waals surface area contributed by atoms with Crippen LogP contribution >= 0.6 is 0 Å². The number of benzene rings is 1. The van der Waals surface area contributed by atoms with Crippen LogP contribution in [0.5, 0.6) is 5.75 Å². The highest BCUT2D eigenvalue weighted by molar-refractivity contribution is 5.63. The number of rotatable bonds is 2. The Labute approximate surface area is 99.8 Å². The molecule has 1 aliphatic rings. The molecule has 0 spiro atoms. The van der Waals surface area contributed by atoms with Crippen molar-refractivity contribution < 1.29 is 14.2 Å². The van der Waals surface area contributed by atoms with E-state index in [0.29, 0.717) is 30.9 Å². The molecule has 1 aromatic rings. The summed E-state index contributed by atoms with van der Waals surface area (Å²) in [5.74, 6) is 0.0638. The molecule has 3 N–H and O–H groups in total.